The van der Waals surface area contributed by atoms with Crippen molar-refractivity contribution < 1.29 is 19.7 Å². The van der Waals surface area contributed by atoms with Crippen molar-refractivity contribution >= 4 is 17.7 Å². The summed E-state index contributed by atoms with van der Waals surface area (Å²) in [5.41, 5.74) is 0. The number of carbonyl (C=O) groups is 1. The van der Waals surface area contributed by atoms with Crippen LogP contribution in [-0.4, -0.2) is 46.5 Å². The van der Waals surface area contributed by atoms with Crippen molar-refractivity contribution in [1.29, 1.82) is 0 Å². The van der Waals surface area contributed by atoms with Crippen LogP contribution in [0.2, 0.25) is 0 Å². The molecule has 0 aromatic heterocycles. The standard InChI is InChI=1S/C8H16O4S/c1-8(2,7(10)11)13-6-5-12-4-3-9/h9H,3-6H2,1-2H3,(H,10,11). The maximum Gasteiger partial charge on any atom is 0.319 e. The van der Waals surface area contributed by atoms with Crippen LogP contribution >= 0.6 is 11.8 Å². The Morgan fingerprint density at radius 3 is 2.54 bits per heavy atom. The Hall–Kier alpha value is -0.260. The van der Waals surface area contributed by atoms with E-state index >= 15 is 0 Å². The number of rotatable bonds is 7. The third-order valence-corrected chi connectivity index (χ3v) is 2.71. The predicted molar refractivity (Wildman–Crippen MR) is 52.1 cm³/mol. The topological polar surface area (TPSA) is 66.8 Å². The summed E-state index contributed by atoms with van der Waals surface area (Å²) in [5.74, 6) is -0.195. The van der Waals surface area contributed by atoms with Crippen molar-refractivity contribution in [3.05, 3.63) is 0 Å². The lowest BCUT2D eigenvalue weighted by atomic mass is 10.2. The molecule has 0 aromatic carbocycles. The van der Waals surface area contributed by atoms with Gasteiger partial charge in [-0.15, -0.1) is 11.8 Å². The van der Waals surface area contributed by atoms with E-state index in [1.807, 2.05) is 0 Å². The Kier molecular flexibility index (Phi) is 6.11. The molecule has 78 valence electrons. The molecule has 0 bridgehead atoms. The van der Waals surface area contributed by atoms with Crippen LogP contribution < -0.4 is 0 Å². The molecule has 0 unspecified atom stereocenters. The Morgan fingerprint density at radius 2 is 2.08 bits per heavy atom. The third kappa shape index (κ3) is 5.90. The van der Waals surface area contributed by atoms with E-state index < -0.39 is 10.7 Å². The van der Waals surface area contributed by atoms with E-state index in [0.29, 0.717) is 19.0 Å². The van der Waals surface area contributed by atoms with Crippen LogP contribution in [-0.2, 0) is 9.53 Å². The Bertz CT molecular complexity index is 158. The van der Waals surface area contributed by atoms with E-state index in [0.717, 1.165) is 0 Å². The van der Waals surface area contributed by atoms with Gasteiger partial charge in [-0.25, -0.2) is 0 Å². The maximum absolute atomic E-state index is 10.6. The van der Waals surface area contributed by atoms with Gasteiger partial charge in [0.25, 0.3) is 0 Å². The number of aliphatic carboxylic acids is 1. The molecule has 13 heavy (non-hydrogen) atoms. The number of hydrogen-bond donors (Lipinski definition) is 2. The summed E-state index contributed by atoms with van der Waals surface area (Å²) in [4.78, 5) is 10.6. The fourth-order valence-electron chi connectivity index (χ4n) is 0.584. The number of carboxylic acids is 1. The molecule has 0 amide bonds. The van der Waals surface area contributed by atoms with Gasteiger partial charge in [0.05, 0.1) is 19.8 Å². The molecule has 0 fully saturated rings. The highest BCUT2D eigenvalue weighted by Crippen LogP contribution is 2.23. The second-order valence-corrected chi connectivity index (χ2v) is 4.72. The molecule has 2 N–H and O–H groups in total. The Morgan fingerprint density at radius 1 is 1.46 bits per heavy atom. The molecule has 0 atom stereocenters. The van der Waals surface area contributed by atoms with Crippen LogP contribution in [0.25, 0.3) is 0 Å². The van der Waals surface area contributed by atoms with E-state index in [-0.39, 0.29) is 6.61 Å². The molecule has 0 aromatic rings. The largest absolute Gasteiger partial charge is 0.480 e. The average Bonchev–Trinajstić information content (AvgIpc) is 2.03. The van der Waals surface area contributed by atoms with Gasteiger partial charge in [0.2, 0.25) is 0 Å². The summed E-state index contributed by atoms with van der Waals surface area (Å²) in [5, 5.41) is 17.1. The van der Waals surface area contributed by atoms with Gasteiger partial charge in [0, 0.05) is 5.75 Å². The highest BCUT2D eigenvalue weighted by Gasteiger charge is 2.26. The van der Waals surface area contributed by atoms with Gasteiger partial charge >= 0.3 is 5.97 Å². The Balaban J connectivity index is 3.46. The summed E-state index contributed by atoms with van der Waals surface area (Å²) < 4.78 is 4.23. The SMILES string of the molecule is CC(C)(SCCOCCO)C(=O)O. The van der Waals surface area contributed by atoms with E-state index in [1.165, 1.54) is 11.8 Å². The quantitative estimate of drug-likeness (QED) is 0.599. The third-order valence-electron chi connectivity index (χ3n) is 1.44. The van der Waals surface area contributed by atoms with Crippen molar-refractivity contribution in [2.45, 2.75) is 18.6 Å². The molecular weight excluding hydrogens is 192 g/mol. The van der Waals surface area contributed by atoms with Crippen LogP contribution in [0, 0.1) is 0 Å². The lowest BCUT2D eigenvalue weighted by molar-refractivity contribution is -0.138. The predicted octanol–water partition coefficient (Wildman–Crippen LogP) is 0.592. The van der Waals surface area contributed by atoms with Crippen LogP contribution in [0.5, 0.6) is 0 Å². The summed E-state index contributed by atoms with van der Waals surface area (Å²) in [7, 11) is 0. The summed E-state index contributed by atoms with van der Waals surface area (Å²) in [6.45, 7) is 4.11. The summed E-state index contributed by atoms with van der Waals surface area (Å²) in [6.07, 6.45) is 0. The normalized spacial score (nSPS) is 11.6. The first kappa shape index (κ1) is 12.7. The molecule has 0 spiro atoms. The monoisotopic (exact) mass is 208 g/mol. The highest BCUT2D eigenvalue weighted by atomic mass is 32.2. The van der Waals surface area contributed by atoms with Gasteiger partial charge in [-0.05, 0) is 13.8 Å². The fraction of sp³-hybridized carbons (Fsp3) is 0.875. The van der Waals surface area contributed by atoms with Crippen molar-refractivity contribution in [3.8, 4) is 0 Å². The van der Waals surface area contributed by atoms with Crippen LogP contribution in [0.4, 0.5) is 0 Å². The molecule has 0 aliphatic heterocycles. The minimum Gasteiger partial charge on any atom is -0.480 e. The average molecular weight is 208 g/mol. The van der Waals surface area contributed by atoms with Crippen molar-refractivity contribution in [2.24, 2.45) is 0 Å². The smallest absolute Gasteiger partial charge is 0.319 e. The van der Waals surface area contributed by atoms with Gasteiger partial charge in [0.15, 0.2) is 0 Å². The zero-order valence-electron chi connectivity index (χ0n) is 7.95. The van der Waals surface area contributed by atoms with Gasteiger partial charge in [-0.3, -0.25) is 4.79 Å². The number of aliphatic hydroxyl groups is 1. The van der Waals surface area contributed by atoms with Gasteiger partial charge in [-0.1, -0.05) is 0 Å². The van der Waals surface area contributed by atoms with Crippen LogP contribution in [0.15, 0.2) is 0 Å². The second-order valence-electron chi connectivity index (χ2n) is 3.00. The number of thioether (sulfide) groups is 1. The maximum atomic E-state index is 10.6. The molecule has 4 nitrogen and oxygen atoms in total. The van der Waals surface area contributed by atoms with Gasteiger partial charge in [0.1, 0.15) is 4.75 Å². The molecule has 0 aliphatic rings. The number of aliphatic hydroxyl groups excluding tert-OH is 1. The van der Waals surface area contributed by atoms with E-state index in [1.54, 1.807) is 13.8 Å². The van der Waals surface area contributed by atoms with Crippen LogP contribution in [0.1, 0.15) is 13.8 Å². The number of hydrogen-bond acceptors (Lipinski definition) is 4. The molecular formula is C8H16O4S. The van der Waals surface area contributed by atoms with E-state index in [4.69, 9.17) is 14.9 Å². The highest BCUT2D eigenvalue weighted by molar-refractivity contribution is 8.01. The van der Waals surface area contributed by atoms with Gasteiger partial charge in [-0.2, -0.15) is 0 Å². The lowest BCUT2D eigenvalue weighted by Gasteiger charge is -2.17. The first-order valence-electron chi connectivity index (χ1n) is 4.06. The van der Waals surface area contributed by atoms with Crippen molar-refractivity contribution in [2.75, 3.05) is 25.6 Å². The van der Waals surface area contributed by atoms with Crippen molar-refractivity contribution in [1.82, 2.24) is 0 Å². The Labute approximate surface area is 82.3 Å². The van der Waals surface area contributed by atoms with E-state index in [9.17, 15) is 4.79 Å². The number of ether oxygens (including phenoxy) is 1. The minimum absolute atomic E-state index is 0.00693. The second kappa shape index (κ2) is 6.23. The lowest BCUT2D eigenvalue weighted by Crippen LogP contribution is -2.28. The summed E-state index contributed by atoms with van der Waals surface area (Å²) in [6, 6.07) is 0. The van der Waals surface area contributed by atoms with Crippen molar-refractivity contribution in [3.63, 3.8) is 0 Å². The van der Waals surface area contributed by atoms with E-state index in [2.05, 4.69) is 0 Å². The molecule has 0 heterocycles. The van der Waals surface area contributed by atoms with Gasteiger partial charge < -0.3 is 14.9 Å². The molecule has 0 rings (SSSR count). The number of carboxylic acid groups (broad SMARTS) is 1. The zero-order chi connectivity index (χ0) is 10.3. The zero-order valence-corrected chi connectivity index (χ0v) is 8.76. The fourth-order valence-corrected chi connectivity index (χ4v) is 1.42. The minimum atomic E-state index is -0.820. The first-order chi connectivity index (χ1) is 6.00. The van der Waals surface area contributed by atoms with Crippen LogP contribution in [0.3, 0.4) is 0 Å². The molecule has 5 heteroatoms. The molecule has 0 saturated carbocycles. The molecule has 0 aliphatic carbocycles. The molecule has 0 saturated heterocycles. The summed E-state index contributed by atoms with van der Waals surface area (Å²) >= 11 is 1.33. The first-order valence-corrected chi connectivity index (χ1v) is 5.05. The molecule has 0 radical (unpaired) electrons.